The van der Waals surface area contributed by atoms with Crippen molar-refractivity contribution in [2.24, 2.45) is 23.2 Å². The Labute approximate surface area is 170 Å². The smallest absolute Gasteiger partial charge is 0.410 e. The van der Waals surface area contributed by atoms with Crippen molar-refractivity contribution in [2.45, 2.75) is 50.7 Å². The summed E-state index contributed by atoms with van der Waals surface area (Å²) >= 11 is 0. The second-order valence-corrected chi connectivity index (χ2v) is 9.30. The number of ether oxygens (including phenoxy) is 1. The van der Waals surface area contributed by atoms with E-state index in [2.05, 4.69) is 22.4 Å². The van der Waals surface area contributed by atoms with Crippen LogP contribution in [-0.4, -0.2) is 41.2 Å². The van der Waals surface area contributed by atoms with E-state index in [1.165, 1.54) is 0 Å². The van der Waals surface area contributed by atoms with Crippen LogP contribution in [0.25, 0.3) is 0 Å². The molecule has 4 saturated carbocycles. The lowest BCUT2D eigenvalue weighted by atomic mass is 9.49. The van der Waals surface area contributed by atoms with Crippen molar-refractivity contribution >= 4 is 11.9 Å². The van der Waals surface area contributed by atoms with Crippen molar-refractivity contribution in [2.75, 3.05) is 18.4 Å². The van der Waals surface area contributed by atoms with Crippen LogP contribution in [0.2, 0.25) is 0 Å². The zero-order valence-electron chi connectivity index (χ0n) is 16.4. The average molecular weight is 391 g/mol. The number of carbonyl (C=O) groups is 1. The highest BCUT2D eigenvalue weighted by Gasteiger charge is 2.57. The molecule has 1 aromatic heterocycles. The van der Waals surface area contributed by atoms with Gasteiger partial charge < -0.3 is 15.0 Å². The SMILES string of the molecule is N#Cc1cccnc1N[C@@H]1CCN(C(=O)O[C@H]2C3CC4CC2C[C@](C#N)(C4)C3)C1. The van der Waals surface area contributed by atoms with E-state index in [0.717, 1.165) is 38.5 Å². The maximum absolute atomic E-state index is 12.9. The van der Waals surface area contributed by atoms with Crippen LogP contribution in [0.5, 0.6) is 0 Å². The fourth-order valence-corrected chi connectivity index (χ4v) is 6.35. The lowest BCUT2D eigenvalue weighted by Gasteiger charge is -2.56. The predicted molar refractivity (Wildman–Crippen MR) is 104 cm³/mol. The number of hydrogen-bond donors (Lipinski definition) is 1. The van der Waals surface area contributed by atoms with Gasteiger partial charge in [-0.05, 0) is 68.4 Å². The first-order valence-corrected chi connectivity index (χ1v) is 10.6. The van der Waals surface area contributed by atoms with Gasteiger partial charge >= 0.3 is 6.09 Å². The molecule has 29 heavy (non-hydrogen) atoms. The molecule has 0 spiro atoms. The standard InChI is InChI=1S/C22H25N5O2/c23-11-15-2-1-4-25-20(15)26-18-3-5-27(12-18)21(28)29-19-16-6-14-7-17(19)10-22(8-14,9-16)13-24/h1-2,4,14,16-19H,3,5-10,12H2,(H,25,26)/t14?,16?,17?,18-,19-,22-/m1/s1. The van der Waals surface area contributed by atoms with Gasteiger partial charge in [-0.25, -0.2) is 9.78 Å². The van der Waals surface area contributed by atoms with Crippen LogP contribution in [0.4, 0.5) is 10.6 Å². The summed E-state index contributed by atoms with van der Waals surface area (Å²) in [5.41, 5.74) is 0.344. The van der Waals surface area contributed by atoms with Gasteiger partial charge in [0.1, 0.15) is 18.0 Å². The molecule has 0 aromatic carbocycles. The number of aromatic nitrogens is 1. The summed E-state index contributed by atoms with van der Waals surface area (Å²) in [5, 5.41) is 22.2. The Bertz CT molecular complexity index is 887. The van der Waals surface area contributed by atoms with Crippen LogP contribution < -0.4 is 5.32 Å². The van der Waals surface area contributed by atoms with Gasteiger partial charge in [-0.3, -0.25) is 0 Å². The number of nitrogens with one attached hydrogen (secondary N) is 1. The zero-order chi connectivity index (χ0) is 20.0. The summed E-state index contributed by atoms with van der Waals surface area (Å²) < 4.78 is 6.03. The van der Waals surface area contributed by atoms with E-state index in [1.807, 2.05) is 0 Å². The van der Waals surface area contributed by atoms with Crippen LogP contribution in [-0.2, 0) is 4.74 Å². The van der Waals surface area contributed by atoms with Gasteiger partial charge in [0.05, 0.1) is 17.0 Å². The van der Waals surface area contributed by atoms with Gasteiger partial charge in [0, 0.05) is 25.3 Å². The monoisotopic (exact) mass is 391 g/mol. The fourth-order valence-electron chi connectivity index (χ4n) is 6.35. The van der Waals surface area contributed by atoms with Crippen LogP contribution in [0.1, 0.15) is 44.1 Å². The molecule has 7 nitrogen and oxygen atoms in total. The third-order valence-corrected chi connectivity index (χ3v) is 7.38. The Hall–Kier alpha value is -2.80. The van der Waals surface area contributed by atoms with E-state index in [-0.39, 0.29) is 23.7 Å². The number of amides is 1. The maximum Gasteiger partial charge on any atom is 0.410 e. The molecule has 1 aliphatic heterocycles. The molecule has 3 atom stereocenters. The molecule has 7 heteroatoms. The average Bonchev–Trinajstić information content (AvgIpc) is 3.19. The van der Waals surface area contributed by atoms with Gasteiger partial charge in [-0.1, -0.05) is 0 Å². The molecular formula is C22H25N5O2. The highest BCUT2D eigenvalue weighted by atomic mass is 16.6. The number of rotatable bonds is 3. The molecule has 5 fully saturated rings. The van der Waals surface area contributed by atoms with E-state index in [0.29, 0.717) is 42.2 Å². The van der Waals surface area contributed by atoms with Crippen LogP contribution in [0.15, 0.2) is 18.3 Å². The van der Waals surface area contributed by atoms with E-state index >= 15 is 0 Å². The summed E-state index contributed by atoms with van der Waals surface area (Å²) in [6, 6.07) is 8.26. The number of carbonyl (C=O) groups excluding carboxylic acids is 1. The molecule has 2 heterocycles. The minimum absolute atomic E-state index is 0.0338. The molecule has 6 rings (SSSR count). The van der Waals surface area contributed by atoms with Gasteiger partial charge in [0.15, 0.2) is 0 Å². The molecule has 0 radical (unpaired) electrons. The first kappa shape index (κ1) is 18.2. The number of pyridine rings is 1. The second-order valence-electron chi connectivity index (χ2n) is 9.30. The maximum atomic E-state index is 12.9. The second kappa shape index (κ2) is 6.91. The molecule has 1 saturated heterocycles. The Morgan fingerprint density at radius 3 is 2.79 bits per heavy atom. The molecule has 1 N–H and O–H groups in total. The van der Waals surface area contributed by atoms with E-state index in [1.54, 1.807) is 23.2 Å². The minimum Gasteiger partial charge on any atom is -0.446 e. The zero-order valence-corrected chi connectivity index (χ0v) is 16.4. The summed E-state index contributed by atoms with van der Waals surface area (Å²) in [7, 11) is 0. The quantitative estimate of drug-likeness (QED) is 0.848. The van der Waals surface area contributed by atoms with Gasteiger partial charge in [0.2, 0.25) is 0 Å². The van der Waals surface area contributed by atoms with Gasteiger partial charge in [-0.2, -0.15) is 10.5 Å². The molecule has 150 valence electrons. The van der Waals surface area contributed by atoms with E-state index in [4.69, 9.17) is 4.74 Å². The van der Waals surface area contributed by atoms with Crippen molar-refractivity contribution in [3.63, 3.8) is 0 Å². The Kier molecular flexibility index (Phi) is 4.35. The first-order valence-electron chi connectivity index (χ1n) is 10.6. The van der Waals surface area contributed by atoms with Gasteiger partial charge in [-0.15, -0.1) is 0 Å². The van der Waals surface area contributed by atoms with Gasteiger partial charge in [0.25, 0.3) is 0 Å². The van der Waals surface area contributed by atoms with Crippen LogP contribution in [0.3, 0.4) is 0 Å². The summed E-state index contributed by atoms with van der Waals surface area (Å²) in [6.07, 6.45) is 7.18. The van der Waals surface area contributed by atoms with Crippen molar-refractivity contribution in [3.8, 4) is 12.1 Å². The molecule has 5 aliphatic rings. The van der Waals surface area contributed by atoms with Crippen molar-refractivity contribution in [1.82, 2.24) is 9.88 Å². The Morgan fingerprint density at radius 1 is 1.28 bits per heavy atom. The first-order chi connectivity index (χ1) is 14.1. The van der Waals surface area contributed by atoms with Crippen molar-refractivity contribution in [3.05, 3.63) is 23.9 Å². The summed E-state index contributed by atoms with van der Waals surface area (Å²) in [6.45, 7) is 1.19. The summed E-state index contributed by atoms with van der Waals surface area (Å²) in [5.74, 6) is 1.88. The van der Waals surface area contributed by atoms with Crippen molar-refractivity contribution in [1.29, 1.82) is 10.5 Å². The highest BCUT2D eigenvalue weighted by molar-refractivity contribution is 5.68. The molecular weight excluding hydrogens is 366 g/mol. The van der Waals surface area contributed by atoms with E-state index in [9.17, 15) is 15.3 Å². The van der Waals surface area contributed by atoms with Crippen LogP contribution in [0, 0.1) is 45.8 Å². The molecule has 1 aromatic rings. The number of nitrogens with zero attached hydrogens (tertiary/aromatic N) is 4. The topological polar surface area (TPSA) is 102 Å². The summed E-state index contributed by atoms with van der Waals surface area (Å²) in [4.78, 5) is 18.9. The van der Waals surface area contributed by atoms with E-state index < -0.39 is 0 Å². The molecule has 2 unspecified atom stereocenters. The molecule has 1 amide bonds. The number of hydrogen-bond acceptors (Lipinski definition) is 6. The normalized spacial score (nSPS) is 37.0. The highest BCUT2D eigenvalue weighted by Crippen LogP contribution is 2.60. The Morgan fingerprint density at radius 2 is 2.07 bits per heavy atom. The lowest BCUT2D eigenvalue weighted by Crippen LogP contribution is -2.55. The van der Waals surface area contributed by atoms with Crippen molar-refractivity contribution < 1.29 is 9.53 Å². The number of likely N-dealkylation sites (tertiary alicyclic amines) is 1. The minimum atomic E-state index is -0.237. The Balaban J connectivity index is 1.20. The van der Waals surface area contributed by atoms with Crippen LogP contribution >= 0.6 is 0 Å². The largest absolute Gasteiger partial charge is 0.446 e. The lowest BCUT2D eigenvalue weighted by molar-refractivity contribution is -0.121. The number of anilines is 1. The fraction of sp³-hybridized carbons (Fsp3) is 0.636. The third kappa shape index (κ3) is 3.19. The number of nitriles is 2. The predicted octanol–water partition coefficient (Wildman–Crippen LogP) is 3.29. The molecule has 4 aliphatic carbocycles. The third-order valence-electron chi connectivity index (χ3n) is 7.38. The molecule has 4 bridgehead atoms.